The SMILES string of the molecule is CSc1ccc([C@@H]2NC(=S)NC(C)=C2c2nc(-c3ccc(C)cc3)no2)cc1. The fourth-order valence-electron chi connectivity index (χ4n) is 3.18. The third-order valence-corrected chi connectivity index (χ3v) is 5.65. The minimum Gasteiger partial charge on any atom is -0.351 e. The topological polar surface area (TPSA) is 63.0 Å². The largest absolute Gasteiger partial charge is 0.351 e. The van der Waals surface area contributed by atoms with Gasteiger partial charge in [-0.25, -0.2) is 0 Å². The maximum atomic E-state index is 5.64. The van der Waals surface area contributed by atoms with Crippen molar-refractivity contribution in [2.24, 2.45) is 0 Å². The molecule has 0 fully saturated rings. The smallest absolute Gasteiger partial charge is 0.258 e. The van der Waals surface area contributed by atoms with Crippen molar-refractivity contribution in [3.63, 3.8) is 0 Å². The fourth-order valence-corrected chi connectivity index (χ4v) is 3.86. The van der Waals surface area contributed by atoms with Gasteiger partial charge >= 0.3 is 0 Å². The van der Waals surface area contributed by atoms with E-state index in [0.717, 1.165) is 22.4 Å². The molecule has 0 saturated carbocycles. The molecule has 4 rings (SSSR count). The Bertz CT molecular complexity index is 1040. The van der Waals surface area contributed by atoms with E-state index in [1.807, 2.05) is 31.2 Å². The number of hydrogen-bond donors (Lipinski definition) is 2. The van der Waals surface area contributed by atoms with E-state index in [2.05, 4.69) is 58.2 Å². The van der Waals surface area contributed by atoms with Gasteiger partial charge in [0.2, 0.25) is 5.82 Å². The average Bonchev–Trinajstić information content (AvgIpc) is 3.17. The molecule has 5 nitrogen and oxygen atoms in total. The van der Waals surface area contributed by atoms with Crippen molar-refractivity contribution in [2.45, 2.75) is 24.8 Å². The fraction of sp³-hybridized carbons (Fsp3) is 0.190. The van der Waals surface area contributed by atoms with E-state index in [1.165, 1.54) is 10.5 Å². The van der Waals surface area contributed by atoms with Crippen LogP contribution in [-0.2, 0) is 0 Å². The predicted octanol–water partition coefficient (Wildman–Crippen LogP) is 4.72. The Morgan fingerprint density at radius 2 is 1.75 bits per heavy atom. The minimum atomic E-state index is -0.157. The molecule has 3 aromatic rings. The van der Waals surface area contributed by atoms with Crippen LogP contribution in [0.25, 0.3) is 17.0 Å². The Kier molecular flexibility index (Phi) is 5.19. The maximum absolute atomic E-state index is 5.64. The summed E-state index contributed by atoms with van der Waals surface area (Å²) in [4.78, 5) is 5.87. The van der Waals surface area contributed by atoms with Gasteiger partial charge in [-0.05, 0) is 50.0 Å². The highest BCUT2D eigenvalue weighted by atomic mass is 32.2. The molecule has 1 aliphatic heterocycles. The molecule has 1 atom stereocenters. The van der Waals surface area contributed by atoms with E-state index in [4.69, 9.17) is 16.7 Å². The number of benzene rings is 2. The maximum Gasteiger partial charge on any atom is 0.258 e. The first-order valence-corrected chi connectivity index (χ1v) is 10.5. The standard InChI is InChI=1S/C21H20N4OS2/c1-12-4-6-15(7-5-12)19-24-20(26-25-19)17-13(2)22-21(27)23-18(17)14-8-10-16(28-3)11-9-14/h4-11,18H,1-3H3,(H2,22,23,27)/t18-/m0/s1. The number of rotatable bonds is 4. The zero-order chi connectivity index (χ0) is 19.7. The van der Waals surface area contributed by atoms with E-state index in [-0.39, 0.29) is 6.04 Å². The molecular formula is C21H20N4OS2. The summed E-state index contributed by atoms with van der Waals surface area (Å²) < 4.78 is 5.64. The number of thioether (sulfide) groups is 1. The normalized spacial score (nSPS) is 16.7. The summed E-state index contributed by atoms with van der Waals surface area (Å²) in [6.07, 6.45) is 2.06. The molecule has 0 radical (unpaired) electrons. The first-order chi connectivity index (χ1) is 13.5. The van der Waals surface area contributed by atoms with Gasteiger partial charge in [0.15, 0.2) is 5.11 Å². The van der Waals surface area contributed by atoms with Crippen LogP contribution in [0.2, 0.25) is 0 Å². The molecule has 0 aliphatic carbocycles. The molecule has 1 aliphatic rings. The van der Waals surface area contributed by atoms with Gasteiger partial charge in [0.25, 0.3) is 5.89 Å². The number of aryl methyl sites for hydroxylation is 1. The van der Waals surface area contributed by atoms with Crippen LogP contribution in [0.1, 0.15) is 30.0 Å². The van der Waals surface area contributed by atoms with Crippen LogP contribution in [-0.4, -0.2) is 21.5 Å². The van der Waals surface area contributed by atoms with Crippen molar-refractivity contribution in [2.75, 3.05) is 6.26 Å². The van der Waals surface area contributed by atoms with Crippen molar-refractivity contribution in [1.29, 1.82) is 0 Å². The Labute approximate surface area is 173 Å². The Balaban J connectivity index is 1.73. The molecule has 0 bridgehead atoms. The second kappa shape index (κ2) is 7.77. The lowest BCUT2D eigenvalue weighted by Crippen LogP contribution is -2.42. The van der Waals surface area contributed by atoms with E-state index in [1.54, 1.807) is 11.8 Å². The van der Waals surface area contributed by atoms with Gasteiger partial charge in [-0.3, -0.25) is 0 Å². The zero-order valence-corrected chi connectivity index (χ0v) is 17.4. The molecule has 2 heterocycles. The van der Waals surface area contributed by atoms with Crippen LogP contribution in [0.15, 0.2) is 63.6 Å². The van der Waals surface area contributed by atoms with Crippen molar-refractivity contribution in [3.05, 3.63) is 71.2 Å². The molecule has 2 aromatic carbocycles. The zero-order valence-electron chi connectivity index (χ0n) is 15.8. The molecule has 28 heavy (non-hydrogen) atoms. The number of aromatic nitrogens is 2. The van der Waals surface area contributed by atoms with E-state index < -0.39 is 0 Å². The highest BCUT2D eigenvalue weighted by molar-refractivity contribution is 7.98. The monoisotopic (exact) mass is 408 g/mol. The number of nitrogens with one attached hydrogen (secondary N) is 2. The molecule has 7 heteroatoms. The average molecular weight is 409 g/mol. The van der Waals surface area contributed by atoms with Crippen LogP contribution >= 0.6 is 24.0 Å². The quantitative estimate of drug-likeness (QED) is 0.478. The number of hydrogen-bond acceptors (Lipinski definition) is 5. The van der Waals surface area contributed by atoms with Gasteiger partial charge in [-0.1, -0.05) is 47.1 Å². The van der Waals surface area contributed by atoms with Crippen molar-refractivity contribution >= 4 is 34.7 Å². The molecule has 0 spiro atoms. The van der Waals surface area contributed by atoms with Crippen molar-refractivity contribution < 1.29 is 4.52 Å². The van der Waals surface area contributed by atoms with Crippen molar-refractivity contribution in [3.8, 4) is 11.4 Å². The van der Waals surface area contributed by atoms with E-state index in [0.29, 0.717) is 16.8 Å². The summed E-state index contributed by atoms with van der Waals surface area (Å²) >= 11 is 7.09. The van der Waals surface area contributed by atoms with E-state index >= 15 is 0 Å². The second-order valence-electron chi connectivity index (χ2n) is 6.63. The number of nitrogens with zero attached hydrogens (tertiary/aromatic N) is 2. The molecule has 0 amide bonds. The van der Waals surface area contributed by atoms with Crippen LogP contribution in [0.5, 0.6) is 0 Å². The lowest BCUT2D eigenvalue weighted by atomic mass is 9.95. The van der Waals surface area contributed by atoms with Gasteiger partial charge in [-0.2, -0.15) is 4.98 Å². The summed E-state index contributed by atoms with van der Waals surface area (Å²) in [5, 5.41) is 11.3. The third-order valence-electron chi connectivity index (χ3n) is 4.68. The van der Waals surface area contributed by atoms with Crippen LogP contribution < -0.4 is 10.6 Å². The van der Waals surface area contributed by atoms with Crippen LogP contribution in [0, 0.1) is 6.92 Å². The molecule has 0 unspecified atom stereocenters. The lowest BCUT2D eigenvalue weighted by molar-refractivity contribution is 0.403. The Morgan fingerprint density at radius 3 is 2.43 bits per heavy atom. The molecule has 2 N–H and O–H groups in total. The molecule has 1 aromatic heterocycles. The molecule has 142 valence electrons. The third kappa shape index (κ3) is 3.68. The first kappa shape index (κ1) is 18.7. The Hall–Kier alpha value is -2.64. The van der Waals surface area contributed by atoms with Crippen molar-refractivity contribution in [1.82, 2.24) is 20.8 Å². The van der Waals surface area contributed by atoms with Gasteiger partial charge in [0.05, 0.1) is 11.6 Å². The van der Waals surface area contributed by atoms with Crippen LogP contribution in [0.4, 0.5) is 0 Å². The Morgan fingerprint density at radius 1 is 1.04 bits per heavy atom. The predicted molar refractivity (Wildman–Crippen MR) is 117 cm³/mol. The highest BCUT2D eigenvalue weighted by Crippen LogP contribution is 2.35. The van der Waals surface area contributed by atoms with Gasteiger partial charge in [-0.15, -0.1) is 11.8 Å². The summed E-state index contributed by atoms with van der Waals surface area (Å²) in [7, 11) is 0. The molecule has 0 saturated heterocycles. The summed E-state index contributed by atoms with van der Waals surface area (Å²) in [5.74, 6) is 1.05. The first-order valence-electron chi connectivity index (χ1n) is 8.88. The number of allylic oxidation sites excluding steroid dienone is 1. The number of thiocarbonyl (C=S) groups is 1. The van der Waals surface area contributed by atoms with Gasteiger partial charge in [0.1, 0.15) is 0 Å². The van der Waals surface area contributed by atoms with Crippen LogP contribution in [0.3, 0.4) is 0 Å². The van der Waals surface area contributed by atoms with Gasteiger partial charge in [0, 0.05) is 16.2 Å². The molecular weight excluding hydrogens is 388 g/mol. The second-order valence-corrected chi connectivity index (χ2v) is 7.92. The lowest BCUT2D eigenvalue weighted by Gasteiger charge is -2.29. The summed E-state index contributed by atoms with van der Waals surface area (Å²) in [6, 6.07) is 16.3. The summed E-state index contributed by atoms with van der Waals surface area (Å²) in [6.45, 7) is 4.02. The van der Waals surface area contributed by atoms with Gasteiger partial charge < -0.3 is 15.2 Å². The highest BCUT2D eigenvalue weighted by Gasteiger charge is 2.30. The van der Waals surface area contributed by atoms with E-state index in [9.17, 15) is 0 Å². The minimum absolute atomic E-state index is 0.157. The summed E-state index contributed by atoms with van der Waals surface area (Å²) in [5.41, 5.74) is 5.00.